The smallest absolute Gasteiger partial charge is 0.255 e. The Balaban J connectivity index is 2.07. The lowest BCUT2D eigenvalue weighted by molar-refractivity contribution is -0.160. The van der Waals surface area contributed by atoms with E-state index in [1.54, 1.807) is 6.92 Å². The predicted octanol–water partition coefficient (Wildman–Crippen LogP) is 2.12. The number of aliphatic hydroxyl groups is 4. The van der Waals surface area contributed by atoms with Gasteiger partial charge in [0, 0.05) is 35.1 Å². The van der Waals surface area contributed by atoms with Crippen LogP contribution in [0.5, 0.6) is 5.75 Å². The van der Waals surface area contributed by atoms with Gasteiger partial charge in [-0.3, -0.25) is 14.4 Å². The molecule has 1 amide bonds. The molecule has 5 atom stereocenters. The van der Waals surface area contributed by atoms with E-state index in [0.29, 0.717) is 16.9 Å². The zero-order valence-electron chi connectivity index (χ0n) is 20.7. The largest absolute Gasteiger partial charge is 0.508 e. The molecule has 0 spiro atoms. The summed E-state index contributed by atoms with van der Waals surface area (Å²) in [5.41, 5.74) is 2.55. The number of carbonyl (C=O) groups is 3. The van der Waals surface area contributed by atoms with Gasteiger partial charge in [0.15, 0.2) is 11.4 Å². The molecule has 3 aliphatic carbocycles. The Morgan fingerprint density at radius 1 is 1.22 bits per heavy atom. The van der Waals surface area contributed by atoms with Gasteiger partial charge >= 0.3 is 0 Å². The average Bonchev–Trinajstić information content (AvgIpc) is 2.76. The van der Waals surface area contributed by atoms with Crippen LogP contribution in [0, 0.1) is 11.8 Å². The lowest BCUT2D eigenvalue weighted by Crippen LogP contribution is -2.64. The van der Waals surface area contributed by atoms with Crippen LogP contribution in [-0.4, -0.2) is 61.0 Å². The van der Waals surface area contributed by atoms with Crippen molar-refractivity contribution in [2.45, 2.75) is 62.9 Å². The molecule has 0 heterocycles. The quantitative estimate of drug-likeness (QED) is 0.328. The number of hydrogen-bond acceptors (Lipinski definition) is 9. The van der Waals surface area contributed by atoms with Crippen molar-refractivity contribution in [1.82, 2.24) is 0 Å². The number of thioether (sulfide) groups is 1. The summed E-state index contributed by atoms with van der Waals surface area (Å²) < 4.78 is 0. The average molecular weight is 518 g/mol. The maximum atomic E-state index is 13.8. The lowest BCUT2D eigenvalue weighted by atomic mass is 9.55. The van der Waals surface area contributed by atoms with E-state index in [-0.39, 0.29) is 16.9 Å². The second kappa shape index (κ2) is 8.36. The monoisotopic (exact) mass is 517 g/mol. The molecule has 9 nitrogen and oxygen atoms in total. The predicted molar refractivity (Wildman–Crippen MR) is 133 cm³/mol. The number of fused-ring (bicyclic) bond motifs is 3. The minimum atomic E-state index is -2.84. The number of hydrogen-bond donors (Lipinski definition) is 6. The van der Waals surface area contributed by atoms with Gasteiger partial charge in [0.25, 0.3) is 5.91 Å². The Morgan fingerprint density at radius 3 is 2.36 bits per heavy atom. The zero-order valence-corrected chi connectivity index (χ0v) is 21.6. The van der Waals surface area contributed by atoms with E-state index in [0.717, 1.165) is 5.56 Å². The topological polar surface area (TPSA) is 178 Å². The number of aromatic hydroxyl groups is 1. The summed E-state index contributed by atoms with van der Waals surface area (Å²) in [5.74, 6) is -7.97. The third-order valence-corrected chi connectivity index (χ3v) is 8.39. The first-order valence-corrected chi connectivity index (χ1v) is 13.0. The van der Waals surface area contributed by atoms with Gasteiger partial charge in [0.05, 0.1) is 11.7 Å². The highest BCUT2D eigenvalue weighted by molar-refractivity contribution is 7.97. The van der Waals surface area contributed by atoms with Crippen molar-refractivity contribution in [1.29, 1.82) is 0 Å². The van der Waals surface area contributed by atoms with Crippen LogP contribution in [0.2, 0.25) is 0 Å². The molecular weight excluding hydrogens is 486 g/mol. The molecule has 1 aromatic rings. The van der Waals surface area contributed by atoms with Gasteiger partial charge in [0.1, 0.15) is 22.8 Å². The Hall–Kier alpha value is -2.82. The number of benzene rings is 1. The first-order chi connectivity index (χ1) is 16.6. The van der Waals surface area contributed by atoms with Crippen molar-refractivity contribution in [2.75, 3.05) is 6.26 Å². The maximum Gasteiger partial charge on any atom is 0.255 e. The van der Waals surface area contributed by atoms with Crippen molar-refractivity contribution >= 4 is 35.0 Å². The second-order valence-corrected chi connectivity index (χ2v) is 11.8. The van der Waals surface area contributed by atoms with E-state index in [2.05, 4.69) is 0 Å². The molecule has 1 aromatic carbocycles. The van der Waals surface area contributed by atoms with Crippen molar-refractivity contribution in [3.05, 3.63) is 45.2 Å². The molecule has 0 aliphatic heterocycles. The third-order valence-electron chi connectivity index (χ3n) is 7.79. The van der Waals surface area contributed by atoms with Gasteiger partial charge in [-0.25, -0.2) is 0 Å². The van der Waals surface area contributed by atoms with Gasteiger partial charge < -0.3 is 31.3 Å². The number of nitrogens with two attached hydrogens (primary N) is 1. The molecule has 4 rings (SSSR count). The fourth-order valence-corrected chi connectivity index (χ4v) is 6.65. The van der Waals surface area contributed by atoms with Crippen molar-refractivity contribution < 1.29 is 39.9 Å². The van der Waals surface area contributed by atoms with Crippen LogP contribution in [0.3, 0.4) is 0 Å². The van der Waals surface area contributed by atoms with E-state index >= 15 is 0 Å². The number of phenolic OH excluding ortho intramolecular Hbond substituents is 1. The molecule has 1 fully saturated rings. The Morgan fingerprint density at radius 2 is 1.83 bits per heavy atom. The SMILES string of the molecule is CSCc1cc(C(C)(C)C)c(O)c2c1[C@H](C)[C@@H]1C(=C2O)C(=O)[C@]2(O)C(O)=C(C(N)=O)C(=O)C[C@@H]2[C@H]1O. The molecule has 194 valence electrons. The number of amides is 1. The summed E-state index contributed by atoms with van der Waals surface area (Å²) in [7, 11) is 0. The van der Waals surface area contributed by atoms with Crippen LogP contribution in [0.25, 0.3) is 5.76 Å². The minimum Gasteiger partial charge on any atom is -0.508 e. The number of Topliss-reactive ketones (excluding diaryl/α,β-unsaturated/α-hetero) is 2. The number of ketones is 2. The highest BCUT2D eigenvalue weighted by Crippen LogP contribution is 2.57. The molecule has 0 aromatic heterocycles. The number of primary amides is 1. The lowest BCUT2D eigenvalue weighted by Gasteiger charge is -2.50. The van der Waals surface area contributed by atoms with Crippen molar-refractivity contribution in [2.24, 2.45) is 17.6 Å². The Kier molecular flexibility index (Phi) is 6.09. The molecule has 1 saturated carbocycles. The van der Waals surface area contributed by atoms with Gasteiger partial charge in [-0.1, -0.05) is 33.8 Å². The van der Waals surface area contributed by atoms with E-state index in [1.807, 2.05) is 33.1 Å². The molecule has 0 bridgehead atoms. The summed E-state index contributed by atoms with van der Waals surface area (Å²) in [6.45, 7) is 7.43. The minimum absolute atomic E-state index is 0.0401. The first-order valence-electron chi connectivity index (χ1n) is 11.6. The summed E-state index contributed by atoms with van der Waals surface area (Å²) in [4.78, 5) is 38.2. The third kappa shape index (κ3) is 3.34. The Labute approximate surface area is 212 Å². The van der Waals surface area contributed by atoms with Crippen LogP contribution in [0.1, 0.15) is 62.3 Å². The zero-order chi connectivity index (χ0) is 27.1. The van der Waals surface area contributed by atoms with Crippen molar-refractivity contribution in [3.63, 3.8) is 0 Å². The number of rotatable bonds is 3. The van der Waals surface area contributed by atoms with E-state index in [4.69, 9.17) is 5.73 Å². The fraction of sp³-hybridized carbons (Fsp3) is 0.500. The summed E-state index contributed by atoms with van der Waals surface area (Å²) in [5, 5.41) is 56.3. The maximum absolute atomic E-state index is 13.8. The van der Waals surface area contributed by atoms with E-state index < -0.39 is 75.9 Å². The molecule has 0 unspecified atom stereocenters. The standard InChI is InChI=1S/C26H31NO8S/c1-9-14-10(8-36-5)6-11(25(2,3)4)19(29)17(14)21(31)18-15(9)20(30)12-7-13(28)16(24(27)34)22(32)26(12,35)23(18)33/h6,9,12,15,20,29-32,35H,7-8H2,1-5H3,(H2,27,34)/t9-,12+,15+,20+,26+/m0/s1. The highest BCUT2D eigenvalue weighted by atomic mass is 32.2. The summed E-state index contributed by atoms with van der Waals surface area (Å²) in [6.07, 6.45) is -0.232. The molecule has 7 N–H and O–H groups in total. The fourth-order valence-electron chi connectivity index (χ4n) is 6.10. The van der Waals surface area contributed by atoms with Gasteiger partial charge in [-0.2, -0.15) is 11.8 Å². The van der Waals surface area contributed by atoms with Gasteiger partial charge in [0.2, 0.25) is 5.78 Å². The molecule has 3 aliphatic rings. The number of phenols is 1. The van der Waals surface area contributed by atoms with Crippen LogP contribution in [0.4, 0.5) is 0 Å². The first kappa shape index (κ1) is 26.2. The normalized spacial score (nSPS) is 30.2. The number of aliphatic hydroxyl groups excluding tert-OH is 3. The number of carbonyl (C=O) groups excluding carboxylic acids is 3. The molecule has 0 radical (unpaired) electrons. The van der Waals surface area contributed by atoms with E-state index in [1.165, 1.54) is 11.8 Å². The molecular formula is C26H31NO8S. The second-order valence-electron chi connectivity index (χ2n) is 10.9. The molecule has 36 heavy (non-hydrogen) atoms. The van der Waals surface area contributed by atoms with E-state index in [9.17, 15) is 39.9 Å². The van der Waals surface area contributed by atoms with Crippen LogP contribution in [0.15, 0.2) is 23.0 Å². The summed E-state index contributed by atoms with van der Waals surface area (Å²) in [6, 6.07) is 1.87. The van der Waals surface area contributed by atoms with Crippen molar-refractivity contribution in [3.8, 4) is 5.75 Å². The Bertz CT molecular complexity index is 1270. The van der Waals surface area contributed by atoms with Crippen LogP contribution in [-0.2, 0) is 25.6 Å². The van der Waals surface area contributed by atoms with Crippen LogP contribution >= 0.6 is 11.8 Å². The molecule has 0 saturated heterocycles. The van der Waals surface area contributed by atoms with Gasteiger partial charge in [-0.05, 0) is 28.7 Å². The van der Waals surface area contributed by atoms with Crippen LogP contribution < -0.4 is 5.73 Å². The van der Waals surface area contributed by atoms with Gasteiger partial charge in [-0.15, -0.1) is 0 Å². The molecule has 10 heteroatoms. The summed E-state index contributed by atoms with van der Waals surface area (Å²) >= 11 is 1.53. The highest BCUT2D eigenvalue weighted by Gasteiger charge is 2.65.